The Balaban J connectivity index is 2.10. The molecule has 0 aromatic heterocycles. The third-order valence-electron chi connectivity index (χ3n) is 6.20. The van der Waals surface area contributed by atoms with Crippen LogP contribution in [-0.2, 0) is 28.8 Å². The SMILES string of the molecule is CC(=O)N1C2C3N(C(C)=O)C1C1N(C(C)=O)C(C(N1C(C)=O)N3C(C)=O)N2C=O. The van der Waals surface area contributed by atoms with Gasteiger partial charge in [-0.15, -0.1) is 0 Å². The molecule has 0 saturated carbocycles. The van der Waals surface area contributed by atoms with E-state index in [4.69, 9.17) is 0 Å². The second-order valence-corrected chi connectivity index (χ2v) is 7.67. The standard InChI is InChI=1S/C17H22N6O6/c1-7(25)19-12-14-21(9(3)27)15-13(18(12)6-24)20(8(2)26)17(23(15)11(5)29)16(19)22(14)10(4)28/h6,12-17H,1-5H3. The number of hydrogen-bond donors (Lipinski definition) is 0. The minimum Gasteiger partial charge on any atom is -0.296 e. The molecule has 156 valence electrons. The topological polar surface area (TPSA) is 122 Å². The predicted molar refractivity (Wildman–Crippen MR) is 93.2 cm³/mol. The van der Waals surface area contributed by atoms with Crippen LogP contribution in [0.2, 0.25) is 0 Å². The molecule has 0 aliphatic carbocycles. The first kappa shape index (κ1) is 19.2. The highest BCUT2D eigenvalue weighted by Crippen LogP contribution is 2.51. The van der Waals surface area contributed by atoms with Crippen LogP contribution in [0.3, 0.4) is 0 Å². The quantitative estimate of drug-likeness (QED) is 0.452. The Morgan fingerprint density at radius 1 is 0.483 bits per heavy atom. The molecule has 5 saturated heterocycles. The molecule has 0 spiro atoms. The Kier molecular flexibility index (Phi) is 3.90. The summed E-state index contributed by atoms with van der Waals surface area (Å²) in [6, 6.07) is 0. The van der Waals surface area contributed by atoms with Gasteiger partial charge < -0.3 is 0 Å². The molecule has 5 fully saturated rings. The number of nitrogens with zero attached hydrogens (tertiary/aromatic N) is 6. The Labute approximate surface area is 166 Å². The molecule has 5 heterocycles. The van der Waals surface area contributed by atoms with E-state index in [1.165, 1.54) is 64.0 Å². The van der Waals surface area contributed by atoms with Gasteiger partial charge in [0.05, 0.1) is 0 Å². The van der Waals surface area contributed by atoms with Crippen molar-refractivity contribution in [2.24, 2.45) is 0 Å². The molecule has 0 aromatic carbocycles. The molecule has 5 aliphatic heterocycles. The average molecular weight is 406 g/mol. The predicted octanol–water partition coefficient (Wildman–Crippen LogP) is -2.30. The summed E-state index contributed by atoms with van der Waals surface area (Å²) >= 11 is 0. The first-order valence-corrected chi connectivity index (χ1v) is 9.23. The van der Waals surface area contributed by atoms with Gasteiger partial charge in [0.25, 0.3) is 0 Å². The van der Waals surface area contributed by atoms with Crippen molar-refractivity contribution < 1.29 is 28.8 Å². The molecule has 6 unspecified atom stereocenters. The van der Waals surface area contributed by atoms with E-state index in [2.05, 4.69) is 0 Å². The summed E-state index contributed by atoms with van der Waals surface area (Å²) in [5.74, 6) is -2.20. The first-order valence-electron chi connectivity index (χ1n) is 9.23. The minimum atomic E-state index is -1.02. The van der Waals surface area contributed by atoms with Crippen LogP contribution >= 0.6 is 0 Å². The lowest BCUT2D eigenvalue weighted by Crippen LogP contribution is -2.75. The Hall–Kier alpha value is -3.18. The molecule has 6 atom stereocenters. The van der Waals surface area contributed by atoms with Crippen LogP contribution in [0, 0.1) is 0 Å². The normalized spacial score (nSPS) is 34.1. The molecular formula is C17H22N6O6. The zero-order chi connectivity index (χ0) is 21.5. The van der Waals surface area contributed by atoms with Gasteiger partial charge in [0.15, 0.2) is 37.0 Å². The van der Waals surface area contributed by atoms with E-state index in [0.717, 1.165) is 0 Å². The number of hydrogen-bond acceptors (Lipinski definition) is 6. The fourth-order valence-corrected chi connectivity index (χ4v) is 5.49. The van der Waals surface area contributed by atoms with Crippen LogP contribution in [0.4, 0.5) is 0 Å². The third-order valence-corrected chi connectivity index (χ3v) is 6.20. The Morgan fingerprint density at radius 2 is 0.690 bits per heavy atom. The summed E-state index contributed by atoms with van der Waals surface area (Å²) < 4.78 is 0. The number of amides is 6. The zero-order valence-electron chi connectivity index (χ0n) is 16.7. The molecule has 29 heavy (non-hydrogen) atoms. The summed E-state index contributed by atoms with van der Waals surface area (Å²) in [4.78, 5) is 83.4. The van der Waals surface area contributed by atoms with E-state index in [-0.39, 0.29) is 0 Å². The molecule has 5 aliphatic rings. The van der Waals surface area contributed by atoms with E-state index in [0.29, 0.717) is 6.41 Å². The number of rotatable bonds is 1. The van der Waals surface area contributed by atoms with Crippen molar-refractivity contribution in [3.05, 3.63) is 0 Å². The number of piperazine rings is 1. The van der Waals surface area contributed by atoms with E-state index >= 15 is 0 Å². The van der Waals surface area contributed by atoms with Gasteiger partial charge in [-0.2, -0.15) is 0 Å². The van der Waals surface area contributed by atoms with E-state index in [9.17, 15) is 28.8 Å². The van der Waals surface area contributed by atoms with Gasteiger partial charge >= 0.3 is 0 Å². The van der Waals surface area contributed by atoms with Gasteiger partial charge in [-0.25, -0.2) is 0 Å². The van der Waals surface area contributed by atoms with E-state index in [1.807, 2.05) is 0 Å². The summed E-state index contributed by atoms with van der Waals surface area (Å²) in [6.07, 6.45) is -5.34. The first-order chi connectivity index (χ1) is 13.6. The minimum absolute atomic E-state index is 0.437. The fourth-order valence-electron chi connectivity index (χ4n) is 5.49. The van der Waals surface area contributed by atoms with Crippen LogP contribution in [0.25, 0.3) is 0 Å². The van der Waals surface area contributed by atoms with Crippen LogP contribution in [0.5, 0.6) is 0 Å². The molecule has 12 nitrogen and oxygen atoms in total. The molecule has 0 radical (unpaired) electrons. The lowest BCUT2D eigenvalue weighted by molar-refractivity contribution is -0.183. The number of carbonyl (C=O) groups excluding carboxylic acids is 6. The third kappa shape index (κ3) is 2.08. The van der Waals surface area contributed by atoms with Crippen molar-refractivity contribution in [2.45, 2.75) is 71.6 Å². The van der Waals surface area contributed by atoms with Gasteiger partial charge in [0, 0.05) is 34.6 Å². The van der Waals surface area contributed by atoms with Crippen molar-refractivity contribution in [2.75, 3.05) is 0 Å². The van der Waals surface area contributed by atoms with E-state index < -0.39 is 66.5 Å². The van der Waals surface area contributed by atoms with Crippen molar-refractivity contribution in [3.63, 3.8) is 0 Å². The summed E-state index contributed by atoms with van der Waals surface area (Å²) in [7, 11) is 0. The fraction of sp³-hybridized carbons (Fsp3) is 0.647. The zero-order valence-corrected chi connectivity index (χ0v) is 16.7. The van der Waals surface area contributed by atoms with Gasteiger partial charge in [0.1, 0.15) is 0 Å². The summed E-state index contributed by atoms with van der Waals surface area (Å²) in [5, 5.41) is 0. The second-order valence-electron chi connectivity index (χ2n) is 7.67. The second kappa shape index (κ2) is 5.91. The Bertz CT molecular complexity index is 803. The van der Waals surface area contributed by atoms with Crippen LogP contribution in [0.15, 0.2) is 0 Å². The van der Waals surface area contributed by atoms with Crippen LogP contribution in [0.1, 0.15) is 34.6 Å². The smallest absolute Gasteiger partial charge is 0.222 e. The van der Waals surface area contributed by atoms with Crippen molar-refractivity contribution >= 4 is 35.9 Å². The molecular weight excluding hydrogens is 384 g/mol. The summed E-state index contributed by atoms with van der Waals surface area (Å²) in [5.41, 5.74) is 0. The molecule has 6 amide bonds. The van der Waals surface area contributed by atoms with Crippen molar-refractivity contribution in [3.8, 4) is 0 Å². The molecule has 6 bridgehead atoms. The lowest BCUT2D eigenvalue weighted by Gasteiger charge is -2.53. The molecule has 0 N–H and O–H groups in total. The van der Waals surface area contributed by atoms with Crippen LogP contribution < -0.4 is 0 Å². The maximum absolute atomic E-state index is 12.7. The number of carbonyl (C=O) groups is 6. The van der Waals surface area contributed by atoms with Crippen molar-refractivity contribution in [1.82, 2.24) is 29.4 Å². The maximum Gasteiger partial charge on any atom is 0.222 e. The lowest BCUT2D eigenvalue weighted by atomic mass is 10.1. The van der Waals surface area contributed by atoms with Gasteiger partial charge in [-0.05, 0) is 0 Å². The molecule has 12 heteroatoms. The largest absolute Gasteiger partial charge is 0.296 e. The summed E-state index contributed by atoms with van der Waals surface area (Å²) in [6.45, 7) is 6.45. The molecule has 5 rings (SSSR count). The molecule has 0 aromatic rings. The average Bonchev–Trinajstić information content (AvgIpc) is 3.04. The Morgan fingerprint density at radius 3 is 0.897 bits per heavy atom. The van der Waals surface area contributed by atoms with Gasteiger partial charge in [0.2, 0.25) is 35.9 Å². The maximum atomic E-state index is 12.7. The van der Waals surface area contributed by atoms with Gasteiger partial charge in [-0.3, -0.25) is 58.2 Å². The van der Waals surface area contributed by atoms with Crippen molar-refractivity contribution in [1.29, 1.82) is 0 Å². The monoisotopic (exact) mass is 406 g/mol. The highest BCUT2D eigenvalue weighted by Gasteiger charge is 2.75. The van der Waals surface area contributed by atoms with E-state index in [1.54, 1.807) is 0 Å². The van der Waals surface area contributed by atoms with Crippen LogP contribution in [-0.4, -0.2) is 102 Å². The van der Waals surface area contributed by atoms with Gasteiger partial charge in [-0.1, -0.05) is 0 Å². The highest BCUT2D eigenvalue weighted by atomic mass is 16.2. The highest BCUT2D eigenvalue weighted by molar-refractivity contribution is 5.86.